The molecule has 0 N–H and O–H groups in total. The Morgan fingerprint density at radius 1 is 1.22 bits per heavy atom. The number of rotatable bonds is 6. The van der Waals surface area contributed by atoms with Crippen molar-refractivity contribution in [3.8, 4) is 5.69 Å². The van der Waals surface area contributed by atoms with Crippen molar-refractivity contribution in [1.29, 1.82) is 0 Å². The van der Waals surface area contributed by atoms with Crippen LogP contribution in [0.15, 0.2) is 36.7 Å². The Bertz CT molecular complexity index is 943. The summed E-state index contributed by atoms with van der Waals surface area (Å²) in [6.07, 6.45) is 4.31. The van der Waals surface area contributed by atoms with Gasteiger partial charge in [-0.3, -0.25) is 0 Å². The summed E-state index contributed by atoms with van der Waals surface area (Å²) in [4.78, 5) is 16.9. The Labute approximate surface area is 158 Å². The van der Waals surface area contributed by atoms with Gasteiger partial charge in [0.1, 0.15) is 6.33 Å². The van der Waals surface area contributed by atoms with Gasteiger partial charge in [0.15, 0.2) is 18.1 Å². The largest absolute Gasteiger partial charge is 0.453 e. The molecule has 3 aromatic rings. The first-order chi connectivity index (χ1) is 13.1. The van der Waals surface area contributed by atoms with Gasteiger partial charge in [-0.15, -0.1) is 0 Å². The van der Waals surface area contributed by atoms with Gasteiger partial charge in [-0.2, -0.15) is 10.2 Å². The number of fused-ring (bicyclic) bond motifs is 1. The fourth-order valence-corrected chi connectivity index (χ4v) is 3.48. The lowest BCUT2D eigenvalue weighted by Crippen LogP contribution is -2.14. The van der Waals surface area contributed by atoms with Gasteiger partial charge in [-0.25, -0.2) is 19.1 Å². The molecule has 0 atom stereocenters. The first-order valence-electron chi connectivity index (χ1n) is 9.33. The molecule has 27 heavy (non-hydrogen) atoms. The Morgan fingerprint density at radius 2 is 2.04 bits per heavy atom. The van der Waals surface area contributed by atoms with Crippen LogP contribution < -0.4 is 0 Å². The minimum atomic E-state index is -0.401. The monoisotopic (exact) mass is 365 g/mol. The van der Waals surface area contributed by atoms with E-state index in [0.717, 1.165) is 42.8 Å². The van der Waals surface area contributed by atoms with Crippen molar-refractivity contribution < 1.29 is 9.53 Å². The fraction of sp³-hybridized carbons (Fsp3) is 0.400. The molecule has 0 aliphatic heterocycles. The molecule has 0 saturated heterocycles. The lowest BCUT2D eigenvalue weighted by molar-refractivity contribution is 0.0447. The molecule has 0 saturated carbocycles. The third kappa shape index (κ3) is 3.49. The highest BCUT2D eigenvalue weighted by Gasteiger charge is 2.28. The van der Waals surface area contributed by atoms with E-state index in [-0.39, 0.29) is 6.61 Å². The van der Waals surface area contributed by atoms with Crippen LogP contribution in [0.25, 0.3) is 5.69 Å². The molecule has 0 spiro atoms. The van der Waals surface area contributed by atoms with E-state index in [0.29, 0.717) is 17.4 Å². The van der Waals surface area contributed by atoms with Crippen LogP contribution in [0.4, 0.5) is 0 Å². The highest BCUT2D eigenvalue weighted by Crippen LogP contribution is 2.28. The second kappa shape index (κ2) is 7.34. The summed E-state index contributed by atoms with van der Waals surface area (Å²) in [7, 11) is 0. The quantitative estimate of drug-likeness (QED) is 0.628. The predicted octanol–water partition coefficient (Wildman–Crippen LogP) is 2.97. The van der Waals surface area contributed by atoms with Crippen LogP contribution in [0.1, 0.15) is 47.8 Å². The van der Waals surface area contributed by atoms with Gasteiger partial charge in [-0.1, -0.05) is 32.0 Å². The molecule has 0 unspecified atom stereocenters. The van der Waals surface area contributed by atoms with Crippen molar-refractivity contribution in [2.75, 3.05) is 0 Å². The summed E-state index contributed by atoms with van der Waals surface area (Å²) >= 11 is 0. The summed E-state index contributed by atoms with van der Waals surface area (Å²) in [5.41, 5.74) is 3.50. The molecule has 1 aliphatic carbocycles. The zero-order valence-electron chi connectivity index (χ0n) is 15.6. The maximum absolute atomic E-state index is 12.7. The fourth-order valence-electron chi connectivity index (χ4n) is 3.48. The maximum atomic E-state index is 12.7. The number of carbonyl (C=O) groups excluding carboxylic acids is 1. The van der Waals surface area contributed by atoms with Crippen LogP contribution in [0.5, 0.6) is 0 Å². The Kier molecular flexibility index (Phi) is 4.75. The van der Waals surface area contributed by atoms with Crippen LogP contribution >= 0.6 is 0 Å². The minimum absolute atomic E-state index is 0.0958. The van der Waals surface area contributed by atoms with E-state index in [1.165, 1.54) is 6.33 Å². The molecule has 4 rings (SSSR count). The zero-order chi connectivity index (χ0) is 18.8. The number of esters is 1. The first kappa shape index (κ1) is 17.5. The lowest BCUT2D eigenvalue weighted by atomic mass is 10.2. The van der Waals surface area contributed by atoms with Crippen molar-refractivity contribution >= 4 is 5.97 Å². The van der Waals surface area contributed by atoms with Gasteiger partial charge >= 0.3 is 5.97 Å². The Hall–Kier alpha value is -2.96. The van der Waals surface area contributed by atoms with Crippen LogP contribution in [0.2, 0.25) is 0 Å². The first-order valence-corrected chi connectivity index (χ1v) is 9.33. The second-order valence-corrected chi connectivity index (χ2v) is 7.20. The summed E-state index contributed by atoms with van der Waals surface area (Å²) < 4.78 is 9.19. The van der Waals surface area contributed by atoms with E-state index >= 15 is 0 Å². The van der Waals surface area contributed by atoms with E-state index in [1.54, 1.807) is 4.68 Å². The third-order valence-electron chi connectivity index (χ3n) is 4.69. The highest BCUT2D eigenvalue weighted by molar-refractivity contribution is 5.89. The molecule has 0 fully saturated rings. The van der Waals surface area contributed by atoms with Gasteiger partial charge < -0.3 is 4.74 Å². The van der Waals surface area contributed by atoms with Crippen LogP contribution in [0.3, 0.4) is 0 Å². The van der Waals surface area contributed by atoms with Crippen molar-refractivity contribution in [3.63, 3.8) is 0 Å². The van der Waals surface area contributed by atoms with Crippen LogP contribution in [-0.4, -0.2) is 30.5 Å². The number of hydrogen-bond donors (Lipinski definition) is 0. The van der Waals surface area contributed by atoms with Crippen molar-refractivity contribution in [2.24, 2.45) is 5.92 Å². The molecule has 7 nitrogen and oxygen atoms in total. The topological polar surface area (TPSA) is 74.8 Å². The van der Waals surface area contributed by atoms with Gasteiger partial charge in [-0.05, 0) is 37.3 Å². The summed E-state index contributed by atoms with van der Waals surface area (Å²) in [5.74, 6) is 0.684. The summed E-state index contributed by atoms with van der Waals surface area (Å²) in [6.45, 7) is 5.05. The molecular formula is C20H23N5O2. The van der Waals surface area contributed by atoms with Crippen molar-refractivity contribution in [1.82, 2.24) is 24.5 Å². The van der Waals surface area contributed by atoms with Gasteiger partial charge in [0.2, 0.25) is 0 Å². The molecule has 0 amide bonds. The molecule has 1 aromatic carbocycles. The van der Waals surface area contributed by atoms with E-state index in [1.807, 2.05) is 35.0 Å². The molecule has 1 aliphatic rings. The molecule has 0 bridgehead atoms. The molecular weight excluding hydrogens is 342 g/mol. The molecule has 7 heteroatoms. The summed E-state index contributed by atoms with van der Waals surface area (Å²) in [5, 5.41) is 8.78. The van der Waals surface area contributed by atoms with Crippen LogP contribution in [-0.2, 0) is 30.7 Å². The highest BCUT2D eigenvalue weighted by atomic mass is 16.5. The standard InChI is InChI=1S/C20H23N5O2/c1-14(2)11-24-18(21-13-22-24)12-27-20(26)19-16-9-6-10-17(16)25(23-19)15-7-4-3-5-8-15/h3-5,7-8,13-14H,6,9-12H2,1-2H3. The third-order valence-corrected chi connectivity index (χ3v) is 4.69. The van der Waals surface area contributed by atoms with E-state index in [9.17, 15) is 4.79 Å². The average Bonchev–Trinajstić information content (AvgIpc) is 3.36. The van der Waals surface area contributed by atoms with Crippen LogP contribution in [0, 0.1) is 5.92 Å². The van der Waals surface area contributed by atoms with E-state index in [4.69, 9.17) is 4.74 Å². The lowest BCUT2D eigenvalue weighted by Gasteiger charge is -2.08. The number of para-hydroxylation sites is 1. The smallest absolute Gasteiger partial charge is 0.359 e. The van der Waals surface area contributed by atoms with Crippen molar-refractivity contribution in [3.05, 3.63) is 59.4 Å². The number of hydrogen-bond acceptors (Lipinski definition) is 5. The van der Waals surface area contributed by atoms with E-state index < -0.39 is 5.97 Å². The van der Waals surface area contributed by atoms with Gasteiger partial charge in [0, 0.05) is 17.8 Å². The number of carbonyl (C=O) groups is 1. The Morgan fingerprint density at radius 3 is 2.81 bits per heavy atom. The molecule has 140 valence electrons. The van der Waals surface area contributed by atoms with Gasteiger partial charge in [0.05, 0.1) is 5.69 Å². The number of ether oxygens (including phenoxy) is 1. The maximum Gasteiger partial charge on any atom is 0.359 e. The minimum Gasteiger partial charge on any atom is -0.453 e. The van der Waals surface area contributed by atoms with Gasteiger partial charge in [0.25, 0.3) is 0 Å². The summed E-state index contributed by atoms with van der Waals surface area (Å²) in [6, 6.07) is 9.90. The van der Waals surface area contributed by atoms with E-state index in [2.05, 4.69) is 29.0 Å². The van der Waals surface area contributed by atoms with Crippen molar-refractivity contribution in [2.45, 2.75) is 46.3 Å². The zero-order valence-corrected chi connectivity index (χ0v) is 15.6. The SMILES string of the molecule is CC(C)Cn1ncnc1COC(=O)c1nn(-c2ccccc2)c2c1CCC2. The average molecular weight is 365 g/mol. The number of aromatic nitrogens is 5. The molecule has 2 heterocycles. The number of benzene rings is 1. The predicted molar refractivity (Wildman–Crippen MR) is 99.6 cm³/mol. The Balaban J connectivity index is 1.54. The normalized spacial score (nSPS) is 13.1. The number of nitrogens with zero attached hydrogens (tertiary/aromatic N) is 5. The second-order valence-electron chi connectivity index (χ2n) is 7.20. The molecule has 2 aromatic heterocycles. The molecule has 0 radical (unpaired) electrons.